The summed E-state index contributed by atoms with van der Waals surface area (Å²) >= 11 is 0. The van der Waals surface area contributed by atoms with E-state index in [2.05, 4.69) is 14.8 Å². The Morgan fingerprint density at radius 3 is 2.71 bits per heavy atom. The topological polar surface area (TPSA) is 76.7 Å². The maximum Gasteiger partial charge on any atom is 0.387 e. The van der Waals surface area contributed by atoms with E-state index in [1.165, 1.54) is 7.11 Å². The number of nitrogens with one attached hydrogen (secondary N) is 2. The summed E-state index contributed by atoms with van der Waals surface area (Å²) in [6.07, 6.45) is 1.62. The zero-order valence-corrected chi connectivity index (χ0v) is 13.8. The maximum atomic E-state index is 13.7. The molecule has 1 aliphatic rings. The fraction of sp³-hybridized carbons (Fsp3) is 0.571. The van der Waals surface area contributed by atoms with E-state index in [0.717, 1.165) is 31.5 Å². The van der Waals surface area contributed by atoms with Gasteiger partial charge in [0.05, 0.1) is 17.0 Å². The molecule has 10 heteroatoms. The average Bonchev–Trinajstić information content (AvgIpc) is 2.96. The fourth-order valence-corrected chi connectivity index (χ4v) is 3.77. The first-order valence-electron chi connectivity index (χ1n) is 7.26. The first-order chi connectivity index (χ1) is 11.3. The second-order valence-electron chi connectivity index (χ2n) is 5.54. The van der Waals surface area contributed by atoms with Crippen LogP contribution in [0.25, 0.3) is 0 Å². The predicted octanol–water partition coefficient (Wildman–Crippen LogP) is 1.47. The van der Waals surface area contributed by atoms with Crippen molar-refractivity contribution in [1.82, 2.24) is 10.0 Å². The molecule has 1 aromatic rings. The van der Waals surface area contributed by atoms with Gasteiger partial charge >= 0.3 is 6.61 Å². The molecule has 1 heterocycles. The lowest BCUT2D eigenvalue weighted by Crippen LogP contribution is -2.52. The van der Waals surface area contributed by atoms with Crippen LogP contribution in [0.15, 0.2) is 23.1 Å². The summed E-state index contributed by atoms with van der Waals surface area (Å²) in [4.78, 5) is -0.368. The Labute approximate surface area is 138 Å². The standard InChI is InChI=1S/C14H19F3N2O4S/c1-22-9-14(5-2-6-18-14)8-19-24(20,21)10-3-4-12(11(15)7-10)23-13(16)17/h3-4,7,13,18-19H,2,5-6,8-9H2,1H3. The second-order valence-corrected chi connectivity index (χ2v) is 7.31. The van der Waals surface area contributed by atoms with Gasteiger partial charge < -0.3 is 14.8 Å². The van der Waals surface area contributed by atoms with Crippen LogP contribution in [0.2, 0.25) is 0 Å². The van der Waals surface area contributed by atoms with Crippen molar-refractivity contribution in [3.63, 3.8) is 0 Å². The molecule has 136 valence electrons. The Bertz CT molecular complexity index is 664. The summed E-state index contributed by atoms with van der Waals surface area (Å²) in [5, 5.41) is 3.21. The lowest BCUT2D eigenvalue weighted by atomic mass is 9.99. The van der Waals surface area contributed by atoms with Gasteiger partial charge in [0.2, 0.25) is 10.0 Å². The van der Waals surface area contributed by atoms with Crippen LogP contribution in [0.4, 0.5) is 13.2 Å². The van der Waals surface area contributed by atoms with Crippen LogP contribution in [0.5, 0.6) is 5.75 Å². The van der Waals surface area contributed by atoms with Crippen molar-refractivity contribution >= 4 is 10.0 Å². The number of rotatable bonds is 8. The van der Waals surface area contributed by atoms with Crippen molar-refractivity contribution in [3.8, 4) is 5.75 Å². The molecule has 24 heavy (non-hydrogen) atoms. The monoisotopic (exact) mass is 368 g/mol. The lowest BCUT2D eigenvalue weighted by molar-refractivity contribution is -0.0522. The van der Waals surface area contributed by atoms with Gasteiger partial charge in [-0.25, -0.2) is 17.5 Å². The number of alkyl halides is 2. The minimum Gasteiger partial charge on any atom is -0.432 e. The third-order valence-corrected chi connectivity index (χ3v) is 5.18. The molecule has 2 N–H and O–H groups in total. The van der Waals surface area contributed by atoms with Crippen LogP contribution < -0.4 is 14.8 Å². The highest BCUT2D eigenvalue weighted by Gasteiger charge is 2.35. The van der Waals surface area contributed by atoms with Gasteiger partial charge in [0, 0.05) is 13.7 Å². The molecule has 0 aliphatic carbocycles. The summed E-state index contributed by atoms with van der Waals surface area (Å²) in [5.41, 5.74) is -0.515. The number of hydrogen-bond acceptors (Lipinski definition) is 5. The van der Waals surface area contributed by atoms with E-state index in [4.69, 9.17) is 4.74 Å². The highest BCUT2D eigenvalue weighted by molar-refractivity contribution is 7.89. The molecule has 1 aromatic carbocycles. The highest BCUT2D eigenvalue weighted by Crippen LogP contribution is 2.24. The number of ether oxygens (including phenoxy) is 2. The summed E-state index contributed by atoms with van der Waals surface area (Å²) in [6, 6.07) is 2.51. The fourth-order valence-electron chi connectivity index (χ4n) is 2.63. The van der Waals surface area contributed by atoms with Crippen LogP contribution in [0.3, 0.4) is 0 Å². The van der Waals surface area contributed by atoms with Crippen LogP contribution in [0.1, 0.15) is 12.8 Å². The average molecular weight is 368 g/mol. The van der Waals surface area contributed by atoms with Crippen molar-refractivity contribution < 1.29 is 31.1 Å². The predicted molar refractivity (Wildman–Crippen MR) is 80.1 cm³/mol. The van der Waals surface area contributed by atoms with Crippen LogP contribution >= 0.6 is 0 Å². The number of methoxy groups -OCH3 is 1. The van der Waals surface area contributed by atoms with Gasteiger partial charge in [0.25, 0.3) is 0 Å². The van der Waals surface area contributed by atoms with E-state index in [9.17, 15) is 21.6 Å². The van der Waals surface area contributed by atoms with Gasteiger partial charge in [-0.2, -0.15) is 8.78 Å². The Kier molecular flexibility index (Phi) is 6.07. The summed E-state index contributed by atoms with van der Waals surface area (Å²) in [5.74, 6) is -1.89. The first-order valence-corrected chi connectivity index (χ1v) is 8.74. The molecule has 0 spiro atoms. The molecule has 1 fully saturated rings. The van der Waals surface area contributed by atoms with E-state index in [0.29, 0.717) is 12.7 Å². The minimum absolute atomic E-state index is 0.0695. The van der Waals surface area contributed by atoms with Gasteiger partial charge in [-0.15, -0.1) is 0 Å². The smallest absolute Gasteiger partial charge is 0.387 e. The van der Waals surface area contributed by atoms with Crippen molar-refractivity contribution in [1.29, 1.82) is 0 Å². The zero-order valence-electron chi connectivity index (χ0n) is 13.0. The summed E-state index contributed by atoms with van der Waals surface area (Å²) in [6.45, 7) is -2.05. The van der Waals surface area contributed by atoms with Gasteiger partial charge in [-0.05, 0) is 37.6 Å². The molecule has 6 nitrogen and oxygen atoms in total. The van der Waals surface area contributed by atoms with Gasteiger partial charge in [-0.3, -0.25) is 0 Å². The second kappa shape index (κ2) is 7.68. The molecular weight excluding hydrogens is 349 g/mol. The SMILES string of the molecule is COCC1(CNS(=O)(=O)c2ccc(OC(F)F)c(F)c2)CCCN1. The molecule has 0 amide bonds. The number of sulfonamides is 1. The van der Waals surface area contributed by atoms with Crippen molar-refractivity contribution in [2.24, 2.45) is 0 Å². The Morgan fingerprint density at radius 2 is 2.17 bits per heavy atom. The van der Waals surface area contributed by atoms with Crippen molar-refractivity contribution in [3.05, 3.63) is 24.0 Å². The van der Waals surface area contributed by atoms with E-state index >= 15 is 0 Å². The molecule has 1 atom stereocenters. The molecule has 0 radical (unpaired) electrons. The lowest BCUT2D eigenvalue weighted by Gasteiger charge is -2.28. The molecule has 0 aromatic heterocycles. The Hall–Kier alpha value is -1.36. The van der Waals surface area contributed by atoms with E-state index in [-0.39, 0.29) is 11.4 Å². The molecule has 1 unspecified atom stereocenters. The molecule has 2 rings (SSSR count). The minimum atomic E-state index is -4.00. The molecule has 0 bridgehead atoms. The van der Waals surface area contributed by atoms with E-state index in [1.54, 1.807) is 0 Å². The first kappa shape index (κ1) is 19.0. The third kappa shape index (κ3) is 4.59. The Balaban J connectivity index is 2.11. The van der Waals surface area contributed by atoms with Gasteiger partial charge in [-0.1, -0.05) is 0 Å². The quantitative estimate of drug-likeness (QED) is 0.727. The van der Waals surface area contributed by atoms with Gasteiger partial charge in [0.1, 0.15) is 0 Å². The Morgan fingerprint density at radius 1 is 1.42 bits per heavy atom. The third-order valence-electron chi connectivity index (χ3n) is 3.78. The normalized spacial score (nSPS) is 21.4. The zero-order chi connectivity index (χ0) is 17.8. The van der Waals surface area contributed by atoms with Crippen LogP contribution in [-0.4, -0.2) is 47.4 Å². The van der Waals surface area contributed by atoms with Gasteiger partial charge in [0.15, 0.2) is 11.6 Å². The summed E-state index contributed by atoms with van der Waals surface area (Å²) in [7, 11) is -2.48. The largest absolute Gasteiger partial charge is 0.432 e. The molecular formula is C14H19F3N2O4S. The molecule has 0 saturated carbocycles. The van der Waals surface area contributed by atoms with Crippen molar-refractivity contribution in [2.75, 3.05) is 26.8 Å². The molecule has 1 aliphatic heterocycles. The van der Waals surface area contributed by atoms with Crippen LogP contribution in [0, 0.1) is 5.82 Å². The maximum absolute atomic E-state index is 13.7. The van der Waals surface area contributed by atoms with Crippen LogP contribution in [-0.2, 0) is 14.8 Å². The molecule has 1 saturated heterocycles. The van der Waals surface area contributed by atoms with Crippen molar-refractivity contribution in [2.45, 2.75) is 29.9 Å². The van der Waals surface area contributed by atoms with E-state index in [1.807, 2.05) is 0 Å². The summed E-state index contributed by atoms with van der Waals surface area (Å²) < 4.78 is 74.0. The van der Waals surface area contributed by atoms with E-state index < -0.39 is 33.7 Å². The number of benzene rings is 1. The number of hydrogen-bond donors (Lipinski definition) is 2. The highest BCUT2D eigenvalue weighted by atomic mass is 32.2. The number of halogens is 3.